The second-order valence-corrected chi connectivity index (χ2v) is 4.19. The van der Waals surface area contributed by atoms with Gasteiger partial charge in [-0.3, -0.25) is 0 Å². The van der Waals surface area contributed by atoms with Crippen LogP contribution in [0.4, 0.5) is 17.3 Å². The number of aromatic nitrogens is 2. The van der Waals surface area contributed by atoms with Crippen molar-refractivity contribution in [3.8, 4) is 0 Å². The number of nitrogens with zero attached hydrogens (tertiary/aromatic N) is 3. The smallest absolute Gasteiger partial charge is 0.220 e. The van der Waals surface area contributed by atoms with E-state index in [4.69, 9.17) is 5.73 Å². The summed E-state index contributed by atoms with van der Waals surface area (Å²) in [5.74, 6) is 0.320. The molecule has 0 spiro atoms. The quantitative estimate of drug-likeness (QED) is 0.895. The van der Waals surface area contributed by atoms with Crippen LogP contribution in [0.2, 0.25) is 0 Å². The Morgan fingerprint density at radius 2 is 1.94 bits per heavy atom. The molecule has 4 heteroatoms. The van der Waals surface area contributed by atoms with Crippen molar-refractivity contribution in [3.05, 3.63) is 42.2 Å². The molecule has 0 atom stereocenters. The third-order valence-corrected chi connectivity index (χ3v) is 2.78. The molecule has 0 unspecified atom stereocenters. The van der Waals surface area contributed by atoms with Crippen molar-refractivity contribution in [2.24, 2.45) is 0 Å². The summed E-state index contributed by atoms with van der Waals surface area (Å²) in [6.45, 7) is 5.04. The van der Waals surface area contributed by atoms with E-state index in [1.54, 1.807) is 6.20 Å². The molecule has 0 saturated heterocycles. The first-order chi connectivity index (χ1) is 8.72. The number of anilines is 3. The predicted molar refractivity (Wildman–Crippen MR) is 74.9 cm³/mol. The number of nitrogens with two attached hydrogens (primary N) is 1. The first kappa shape index (κ1) is 12.4. The monoisotopic (exact) mass is 242 g/mol. The normalized spacial score (nSPS) is 10.3. The molecule has 94 valence electrons. The first-order valence-electron chi connectivity index (χ1n) is 6.14. The standard InChI is InChI=1S/C14H18N4/c1-3-9-18(12-7-5-4-6-8-12)13-10-16-14(15)17-11(13)2/h4-8,10H,3,9H2,1-2H3,(H2,15,16,17). The number of rotatable bonds is 4. The molecule has 0 aliphatic rings. The van der Waals surface area contributed by atoms with Crippen LogP contribution in [-0.4, -0.2) is 16.5 Å². The lowest BCUT2D eigenvalue weighted by Crippen LogP contribution is -2.19. The molecule has 2 rings (SSSR count). The Morgan fingerprint density at radius 1 is 1.22 bits per heavy atom. The molecule has 0 amide bonds. The molecule has 0 saturated carbocycles. The van der Waals surface area contributed by atoms with Crippen LogP contribution in [-0.2, 0) is 0 Å². The van der Waals surface area contributed by atoms with Crippen LogP contribution < -0.4 is 10.6 Å². The summed E-state index contributed by atoms with van der Waals surface area (Å²) in [4.78, 5) is 10.5. The van der Waals surface area contributed by atoms with E-state index in [9.17, 15) is 0 Å². The van der Waals surface area contributed by atoms with Crippen molar-refractivity contribution >= 4 is 17.3 Å². The predicted octanol–water partition coefficient (Wildman–Crippen LogP) is 2.92. The summed E-state index contributed by atoms with van der Waals surface area (Å²) in [7, 11) is 0. The minimum Gasteiger partial charge on any atom is -0.368 e. The zero-order chi connectivity index (χ0) is 13.0. The van der Waals surface area contributed by atoms with Crippen LogP contribution in [0.3, 0.4) is 0 Å². The van der Waals surface area contributed by atoms with Gasteiger partial charge in [-0.2, -0.15) is 0 Å². The van der Waals surface area contributed by atoms with E-state index in [0.29, 0.717) is 5.95 Å². The maximum absolute atomic E-state index is 5.60. The molecular weight excluding hydrogens is 224 g/mol. The van der Waals surface area contributed by atoms with E-state index in [1.807, 2.05) is 25.1 Å². The third kappa shape index (κ3) is 2.59. The van der Waals surface area contributed by atoms with E-state index in [2.05, 4.69) is 33.9 Å². The highest BCUT2D eigenvalue weighted by atomic mass is 15.2. The Labute approximate surface area is 107 Å². The van der Waals surface area contributed by atoms with Crippen molar-refractivity contribution in [2.75, 3.05) is 17.2 Å². The van der Waals surface area contributed by atoms with Gasteiger partial charge < -0.3 is 10.6 Å². The minimum absolute atomic E-state index is 0.320. The summed E-state index contributed by atoms with van der Waals surface area (Å²) in [5.41, 5.74) is 8.66. The molecule has 1 aromatic carbocycles. The SMILES string of the molecule is CCCN(c1ccccc1)c1cnc(N)nc1C. The highest BCUT2D eigenvalue weighted by Gasteiger charge is 2.12. The largest absolute Gasteiger partial charge is 0.368 e. The van der Waals surface area contributed by atoms with Gasteiger partial charge in [0, 0.05) is 12.2 Å². The molecule has 2 N–H and O–H groups in total. The second kappa shape index (κ2) is 5.49. The fourth-order valence-electron chi connectivity index (χ4n) is 1.96. The number of hydrogen-bond acceptors (Lipinski definition) is 4. The Bertz CT molecular complexity index is 510. The molecule has 0 aliphatic heterocycles. The summed E-state index contributed by atoms with van der Waals surface area (Å²) in [5, 5.41) is 0. The van der Waals surface area contributed by atoms with Gasteiger partial charge in [0.2, 0.25) is 5.95 Å². The number of nitrogen functional groups attached to an aromatic ring is 1. The Hall–Kier alpha value is -2.10. The molecule has 1 aromatic heterocycles. The summed E-state index contributed by atoms with van der Waals surface area (Å²) in [6.07, 6.45) is 2.85. The summed E-state index contributed by atoms with van der Waals surface area (Å²) < 4.78 is 0. The topological polar surface area (TPSA) is 55.0 Å². The summed E-state index contributed by atoms with van der Waals surface area (Å²) in [6, 6.07) is 10.3. The van der Waals surface area contributed by atoms with E-state index in [0.717, 1.165) is 30.0 Å². The van der Waals surface area contributed by atoms with E-state index in [1.165, 1.54) is 0 Å². The highest BCUT2D eigenvalue weighted by molar-refractivity contribution is 5.64. The van der Waals surface area contributed by atoms with Crippen LogP contribution in [0.5, 0.6) is 0 Å². The molecule has 0 aliphatic carbocycles. The van der Waals surface area contributed by atoms with Gasteiger partial charge in [0.1, 0.15) is 0 Å². The lowest BCUT2D eigenvalue weighted by atomic mass is 10.2. The van der Waals surface area contributed by atoms with Crippen LogP contribution >= 0.6 is 0 Å². The average molecular weight is 242 g/mol. The molecular formula is C14H18N4. The molecule has 2 aromatic rings. The van der Waals surface area contributed by atoms with Crippen molar-refractivity contribution in [2.45, 2.75) is 20.3 Å². The number of para-hydroxylation sites is 1. The lowest BCUT2D eigenvalue weighted by Gasteiger charge is -2.25. The van der Waals surface area contributed by atoms with Gasteiger partial charge in [0.05, 0.1) is 17.6 Å². The van der Waals surface area contributed by atoms with Crippen LogP contribution in [0, 0.1) is 6.92 Å². The van der Waals surface area contributed by atoms with E-state index in [-0.39, 0.29) is 0 Å². The van der Waals surface area contributed by atoms with Gasteiger partial charge in [-0.1, -0.05) is 25.1 Å². The molecule has 0 bridgehead atoms. The van der Waals surface area contributed by atoms with E-state index >= 15 is 0 Å². The molecule has 0 fully saturated rings. The van der Waals surface area contributed by atoms with Gasteiger partial charge in [0.25, 0.3) is 0 Å². The van der Waals surface area contributed by atoms with Crippen LogP contribution in [0.15, 0.2) is 36.5 Å². The van der Waals surface area contributed by atoms with Crippen LogP contribution in [0.1, 0.15) is 19.0 Å². The highest BCUT2D eigenvalue weighted by Crippen LogP contribution is 2.27. The second-order valence-electron chi connectivity index (χ2n) is 4.19. The Morgan fingerprint density at radius 3 is 2.56 bits per heavy atom. The van der Waals surface area contributed by atoms with Gasteiger partial charge in [-0.25, -0.2) is 9.97 Å². The van der Waals surface area contributed by atoms with Gasteiger partial charge in [0.15, 0.2) is 0 Å². The number of hydrogen-bond donors (Lipinski definition) is 1. The molecule has 0 radical (unpaired) electrons. The zero-order valence-corrected chi connectivity index (χ0v) is 10.8. The molecule has 18 heavy (non-hydrogen) atoms. The van der Waals surface area contributed by atoms with Crippen LogP contribution in [0.25, 0.3) is 0 Å². The third-order valence-electron chi connectivity index (χ3n) is 2.78. The fraction of sp³-hybridized carbons (Fsp3) is 0.286. The number of benzene rings is 1. The Kier molecular flexibility index (Phi) is 3.77. The van der Waals surface area contributed by atoms with Gasteiger partial charge in [-0.05, 0) is 25.5 Å². The summed E-state index contributed by atoms with van der Waals surface area (Å²) >= 11 is 0. The maximum atomic E-state index is 5.60. The average Bonchev–Trinajstić information content (AvgIpc) is 2.38. The van der Waals surface area contributed by atoms with Gasteiger partial charge >= 0.3 is 0 Å². The first-order valence-corrected chi connectivity index (χ1v) is 6.14. The number of aryl methyl sites for hydroxylation is 1. The lowest BCUT2D eigenvalue weighted by molar-refractivity contribution is 0.873. The van der Waals surface area contributed by atoms with Gasteiger partial charge in [-0.15, -0.1) is 0 Å². The fourth-order valence-corrected chi connectivity index (χ4v) is 1.96. The maximum Gasteiger partial charge on any atom is 0.220 e. The molecule has 4 nitrogen and oxygen atoms in total. The Balaban J connectivity index is 2.41. The van der Waals surface area contributed by atoms with Crippen molar-refractivity contribution in [1.82, 2.24) is 9.97 Å². The van der Waals surface area contributed by atoms with Crippen molar-refractivity contribution < 1.29 is 0 Å². The van der Waals surface area contributed by atoms with Crippen molar-refractivity contribution in [1.29, 1.82) is 0 Å². The zero-order valence-electron chi connectivity index (χ0n) is 10.8. The minimum atomic E-state index is 0.320. The van der Waals surface area contributed by atoms with E-state index < -0.39 is 0 Å². The van der Waals surface area contributed by atoms with Crippen molar-refractivity contribution in [3.63, 3.8) is 0 Å². The molecule has 1 heterocycles.